The molecule has 1 saturated heterocycles. The molecule has 0 aromatic heterocycles. The van der Waals surface area contributed by atoms with Crippen LogP contribution in [0.25, 0.3) is 0 Å². The van der Waals surface area contributed by atoms with Gasteiger partial charge >= 0.3 is 6.18 Å². The van der Waals surface area contributed by atoms with Crippen LogP contribution in [0.4, 0.5) is 13.2 Å². The molecule has 1 amide bonds. The monoisotopic (exact) mass is 397 g/mol. The summed E-state index contributed by atoms with van der Waals surface area (Å²) in [5.41, 5.74) is 5.91. The maximum Gasteiger partial charge on any atom is 0.390 e. The average Bonchev–Trinajstić information content (AvgIpc) is 2.68. The van der Waals surface area contributed by atoms with Crippen molar-refractivity contribution in [2.24, 2.45) is 5.73 Å². The molecular formula is C21H30F3N3O. The van der Waals surface area contributed by atoms with Crippen molar-refractivity contribution in [3.05, 3.63) is 35.9 Å². The van der Waals surface area contributed by atoms with Gasteiger partial charge in [0.25, 0.3) is 0 Å². The van der Waals surface area contributed by atoms with E-state index in [1.807, 2.05) is 6.07 Å². The predicted octanol–water partition coefficient (Wildman–Crippen LogP) is 3.57. The van der Waals surface area contributed by atoms with E-state index in [4.69, 9.17) is 5.73 Å². The molecule has 0 unspecified atom stereocenters. The average molecular weight is 397 g/mol. The minimum atomic E-state index is -4.24. The molecule has 2 atom stereocenters. The molecule has 156 valence electrons. The highest BCUT2D eigenvalue weighted by atomic mass is 19.4. The molecule has 1 heterocycles. The summed E-state index contributed by atoms with van der Waals surface area (Å²) in [4.78, 5) is 14.5. The summed E-state index contributed by atoms with van der Waals surface area (Å²) >= 11 is 0. The molecule has 3 N–H and O–H groups in total. The number of carbonyl (C=O) groups is 1. The molecule has 0 bridgehead atoms. The van der Waals surface area contributed by atoms with Gasteiger partial charge in [-0.25, -0.2) is 0 Å². The largest absolute Gasteiger partial charge is 0.390 e. The van der Waals surface area contributed by atoms with E-state index >= 15 is 0 Å². The lowest BCUT2D eigenvalue weighted by Gasteiger charge is -2.47. The molecule has 2 aliphatic rings. The van der Waals surface area contributed by atoms with Crippen molar-refractivity contribution in [3.63, 3.8) is 0 Å². The van der Waals surface area contributed by atoms with Crippen molar-refractivity contribution in [1.82, 2.24) is 10.2 Å². The van der Waals surface area contributed by atoms with Crippen LogP contribution in [0.1, 0.15) is 56.4 Å². The summed E-state index contributed by atoms with van der Waals surface area (Å²) in [5, 5.41) is 2.84. The molecule has 0 spiro atoms. The molecular weight excluding hydrogens is 367 g/mol. The fourth-order valence-electron chi connectivity index (χ4n) is 4.83. The van der Waals surface area contributed by atoms with E-state index < -0.39 is 24.0 Å². The molecule has 1 aliphatic carbocycles. The van der Waals surface area contributed by atoms with Gasteiger partial charge in [0, 0.05) is 25.7 Å². The van der Waals surface area contributed by atoms with E-state index in [-0.39, 0.29) is 6.54 Å². The van der Waals surface area contributed by atoms with Crippen molar-refractivity contribution >= 4 is 5.91 Å². The SMILES string of the molecule is NC(=O)C1(NCCC(F)(F)F)CCN([C@H]2CCCC[C@H]2c2ccccc2)CC1. The zero-order chi connectivity index (χ0) is 20.2. The van der Waals surface area contributed by atoms with Gasteiger partial charge in [0.1, 0.15) is 5.54 Å². The Labute approximate surface area is 164 Å². The molecule has 28 heavy (non-hydrogen) atoms. The number of nitrogens with two attached hydrogens (primary N) is 1. The minimum Gasteiger partial charge on any atom is -0.368 e. The molecule has 0 radical (unpaired) electrons. The molecule has 7 heteroatoms. The van der Waals surface area contributed by atoms with Crippen molar-refractivity contribution in [2.75, 3.05) is 19.6 Å². The lowest BCUT2D eigenvalue weighted by atomic mass is 9.77. The van der Waals surface area contributed by atoms with Gasteiger partial charge in [0.2, 0.25) is 5.91 Å². The number of nitrogens with zero attached hydrogens (tertiary/aromatic N) is 1. The number of hydrogen-bond acceptors (Lipinski definition) is 3. The number of piperidine rings is 1. The normalized spacial score (nSPS) is 26.1. The topological polar surface area (TPSA) is 58.4 Å². The summed E-state index contributed by atoms with van der Waals surface area (Å²) in [7, 11) is 0. The Morgan fingerprint density at radius 1 is 1.14 bits per heavy atom. The first kappa shape index (κ1) is 21.1. The lowest BCUT2D eigenvalue weighted by Crippen LogP contribution is -2.62. The standard InChI is InChI=1S/C21H30F3N3O/c22-21(23,24)10-13-26-20(19(25)28)11-14-27(15-12-20)18-9-5-4-8-17(18)16-6-2-1-3-7-16/h1-3,6-7,17-18,26H,4-5,8-15H2,(H2,25,28)/t17-,18-/m0/s1. The predicted molar refractivity (Wildman–Crippen MR) is 103 cm³/mol. The number of benzene rings is 1. The van der Waals surface area contributed by atoms with Crippen LogP contribution in [0.5, 0.6) is 0 Å². The number of likely N-dealkylation sites (tertiary alicyclic amines) is 1. The van der Waals surface area contributed by atoms with Crippen molar-refractivity contribution in [2.45, 2.75) is 68.6 Å². The Balaban J connectivity index is 1.64. The summed E-state index contributed by atoms with van der Waals surface area (Å²) in [6.45, 7) is 1.08. The van der Waals surface area contributed by atoms with Crippen LogP contribution >= 0.6 is 0 Å². The van der Waals surface area contributed by atoms with E-state index in [9.17, 15) is 18.0 Å². The first-order chi connectivity index (χ1) is 13.3. The second-order valence-electron chi connectivity index (χ2n) is 8.14. The van der Waals surface area contributed by atoms with E-state index in [0.717, 1.165) is 12.8 Å². The van der Waals surface area contributed by atoms with Gasteiger partial charge in [0.15, 0.2) is 0 Å². The highest BCUT2D eigenvalue weighted by Crippen LogP contribution is 2.38. The molecule has 1 aliphatic heterocycles. The Morgan fingerprint density at radius 2 is 1.79 bits per heavy atom. The minimum absolute atomic E-state index is 0.275. The first-order valence-electron chi connectivity index (χ1n) is 10.2. The van der Waals surface area contributed by atoms with Crippen molar-refractivity contribution in [3.8, 4) is 0 Å². The van der Waals surface area contributed by atoms with Gasteiger partial charge in [-0.05, 0) is 37.2 Å². The van der Waals surface area contributed by atoms with Gasteiger partial charge in [-0.2, -0.15) is 13.2 Å². The highest BCUT2D eigenvalue weighted by Gasteiger charge is 2.43. The molecule has 1 saturated carbocycles. The van der Waals surface area contributed by atoms with E-state index in [2.05, 4.69) is 34.5 Å². The summed E-state index contributed by atoms with van der Waals surface area (Å²) < 4.78 is 37.4. The second-order valence-corrected chi connectivity index (χ2v) is 8.14. The van der Waals surface area contributed by atoms with Crippen LogP contribution in [0.15, 0.2) is 30.3 Å². The third kappa shape index (κ3) is 5.06. The lowest BCUT2D eigenvalue weighted by molar-refractivity contribution is -0.137. The summed E-state index contributed by atoms with van der Waals surface area (Å²) in [6.07, 6.45) is 0.391. The van der Waals surface area contributed by atoms with Crippen LogP contribution < -0.4 is 11.1 Å². The number of amides is 1. The highest BCUT2D eigenvalue weighted by molar-refractivity contribution is 5.84. The van der Waals surface area contributed by atoms with Gasteiger partial charge in [-0.3, -0.25) is 9.69 Å². The molecule has 3 rings (SSSR count). The van der Waals surface area contributed by atoms with Crippen LogP contribution in [0.3, 0.4) is 0 Å². The molecule has 4 nitrogen and oxygen atoms in total. The van der Waals surface area contributed by atoms with Gasteiger partial charge < -0.3 is 11.1 Å². The summed E-state index contributed by atoms with van der Waals surface area (Å²) in [6, 6.07) is 10.9. The number of halogens is 3. The Kier molecular flexibility index (Phi) is 6.65. The third-order valence-corrected chi connectivity index (χ3v) is 6.42. The fourth-order valence-corrected chi connectivity index (χ4v) is 4.83. The number of alkyl halides is 3. The molecule has 2 fully saturated rings. The third-order valence-electron chi connectivity index (χ3n) is 6.42. The van der Waals surface area contributed by atoms with Crippen LogP contribution in [0, 0.1) is 0 Å². The van der Waals surface area contributed by atoms with Crippen LogP contribution in [-0.2, 0) is 4.79 Å². The Morgan fingerprint density at radius 3 is 2.39 bits per heavy atom. The molecule has 1 aromatic carbocycles. The molecule has 1 aromatic rings. The van der Waals surface area contributed by atoms with Gasteiger partial charge in [0.05, 0.1) is 6.42 Å². The first-order valence-corrected chi connectivity index (χ1v) is 10.2. The Bertz CT molecular complexity index is 642. The maximum absolute atomic E-state index is 12.5. The smallest absolute Gasteiger partial charge is 0.368 e. The van der Waals surface area contributed by atoms with Gasteiger partial charge in [-0.15, -0.1) is 0 Å². The number of rotatable bonds is 6. The van der Waals surface area contributed by atoms with Crippen molar-refractivity contribution in [1.29, 1.82) is 0 Å². The number of primary amides is 1. The van der Waals surface area contributed by atoms with Gasteiger partial charge in [-0.1, -0.05) is 43.2 Å². The van der Waals surface area contributed by atoms with E-state index in [0.29, 0.717) is 37.9 Å². The fraction of sp³-hybridized carbons (Fsp3) is 0.667. The summed E-state index contributed by atoms with van der Waals surface area (Å²) in [5.74, 6) is -0.0770. The maximum atomic E-state index is 12.5. The van der Waals surface area contributed by atoms with Crippen molar-refractivity contribution < 1.29 is 18.0 Å². The van der Waals surface area contributed by atoms with Crippen LogP contribution in [-0.4, -0.2) is 48.2 Å². The van der Waals surface area contributed by atoms with Crippen LogP contribution in [0.2, 0.25) is 0 Å². The van der Waals surface area contributed by atoms with E-state index in [1.54, 1.807) is 0 Å². The number of carbonyl (C=O) groups excluding carboxylic acids is 1. The Hall–Kier alpha value is -1.60. The zero-order valence-corrected chi connectivity index (χ0v) is 16.2. The quantitative estimate of drug-likeness (QED) is 0.772. The second kappa shape index (κ2) is 8.82. The van der Waals surface area contributed by atoms with E-state index in [1.165, 1.54) is 18.4 Å². The number of hydrogen-bond donors (Lipinski definition) is 2. The number of nitrogens with one attached hydrogen (secondary N) is 1. The zero-order valence-electron chi connectivity index (χ0n) is 16.2.